The molecule has 1 N–H and O–H groups in total. The highest BCUT2D eigenvalue weighted by Gasteiger charge is 2.32. The lowest BCUT2D eigenvalue weighted by atomic mass is 9.97. The van der Waals surface area contributed by atoms with Gasteiger partial charge in [0.2, 0.25) is 15.9 Å². The summed E-state index contributed by atoms with van der Waals surface area (Å²) in [6, 6.07) is 8.53. The fourth-order valence-corrected chi connectivity index (χ4v) is 6.51. The smallest absolute Gasteiger partial charge is 0.308 e. The van der Waals surface area contributed by atoms with E-state index in [1.165, 1.54) is 4.31 Å². The average Bonchev–Trinajstić information content (AvgIpc) is 3.08. The summed E-state index contributed by atoms with van der Waals surface area (Å²) in [5, 5.41) is 2.83. The number of nitrogens with one attached hydrogen (secondary N) is 1. The molecule has 8 nitrogen and oxygen atoms in total. The molecular weight excluding hydrogens is 448 g/mol. The number of carbonyl (C=O) groups is 1. The van der Waals surface area contributed by atoms with E-state index in [9.17, 15) is 18.0 Å². The number of pyridine rings is 1. The Bertz CT molecular complexity index is 1300. The van der Waals surface area contributed by atoms with Crippen LogP contribution in [0.4, 0.5) is 5.82 Å². The maximum Gasteiger partial charge on any atom is 0.308 e. The molecule has 2 aromatic heterocycles. The summed E-state index contributed by atoms with van der Waals surface area (Å²) in [5.41, 5.74) is 1.77. The second-order valence-electron chi connectivity index (χ2n) is 8.04. The summed E-state index contributed by atoms with van der Waals surface area (Å²) in [6.07, 6.45) is 3.36. The van der Waals surface area contributed by atoms with E-state index in [0.29, 0.717) is 29.9 Å². The number of aryl methyl sites for hydroxylation is 2. The van der Waals surface area contributed by atoms with Gasteiger partial charge in [-0.2, -0.15) is 4.31 Å². The van der Waals surface area contributed by atoms with E-state index in [1.54, 1.807) is 35.0 Å². The molecule has 1 aliphatic heterocycles. The van der Waals surface area contributed by atoms with E-state index in [-0.39, 0.29) is 34.7 Å². The van der Waals surface area contributed by atoms with Crippen LogP contribution in [0.3, 0.4) is 0 Å². The molecular formula is C22H26N4O4S2. The number of piperidine rings is 1. The zero-order chi connectivity index (χ0) is 22.9. The molecule has 1 aliphatic rings. The first-order valence-electron chi connectivity index (χ1n) is 10.7. The molecule has 32 heavy (non-hydrogen) atoms. The molecule has 4 rings (SSSR count). The number of anilines is 1. The number of fused-ring (bicyclic) bond motifs is 1. The van der Waals surface area contributed by atoms with Crippen molar-refractivity contribution in [1.29, 1.82) is 0 Å². The van der Waals surface area contributed by atoms with Crippen molar-refractivity contribution in [2.45, 2.75) is 44.6 Å². The maximum absolute atomic E-state index is 13.2. The molecule has 0 saturated carbocycles. The Morgan fingerprint density at radius 2 is 1.97 bits per heavy atom. The van der Waals surface area contributed by atoms with Gasteiger partial charge in [0.1, 0.15) is 5.82 Å². The number of aromatic nitrogens is 2. The lowest BCUT2D eigenvalue weighted by Gasteiger charge is -2.30. The van der Waals surface area contributed by atoms with E-state index in [2.05, 4.69) is 10.3 Å². The maximum atomic E-state index is 13.2. The molecule has 0 spiro atoms. The van der Waals surface area contributed by atoms with Gasteiger partial charge in [-0.3, -0.25) is 14.2 Å². The lowest BCUT2D eigenvalue weighted by Crippen LogP contribution is -2.41. The first-order valence-corrected chi connectivity index (χ1v) is 12.9. The minimum absolute atomic E-state index is 0.0775. The Morgan fingerprint density at radius 3 is 2.66 bits per heavy atom. The summed E-state index contributed by atoms with van der Waals surface area (Å²) < 4.78 is 30.2. The number of nitrogens with zero attached hydrogens (tertiary/aromatic N) is 3. The van der Waals surface area contributed by atoms with Crippen molar-refractivity contribution in [3.05, 3.63) is 51.8 Å². The Morgan fingerprint density at radius 1 is 1.22 bits per heavy atom. The zero-order valence-electron chi connectivity index (χ0n) is 18.1. The Hall–Kier alpha value is -2.56. The molecule has 1 aromatic carbocycles. The summed E-state index contributed by atoms with van der Waals surface area (Å²) in [5.74, 6) is 0.107. The minimum Gasteiger partial charge on any atom is -0.310 e. The van der Waals surface area contributed by atoms with Gasteiger partial charge in [0.25, 0.3) is 0 Å². The third kappa shape index (κ3) is 4.48. The van der Waals surface area contributed by atoms with Gasteiger partial charge in [-0.05, 0) is 62.1 Å². The minimum atomic E-state index is -3.70. The highest BCUT2D eigenvalue weighted by Crippen LogP contribution is 2.28. The number of benzene rings is 1. The Labute approximate surface area is 190 Å². The van der Waals surface area contributed by atoms with Gasteiger partial charge in [0, 0.05) is 31.7 Å². The van der Waals surface area contributed by atoms with Crippen LogP contribution in [0.1, 0.15) is 31.7 Å². The predicted octanol–water partition coefficient (Wildman–Crippen LogP) is 3.22. The van der Waals surface area contributed by atoms with E-state index in [0.717, 1.165) is 28.8 Å². The van der Waals surface area contributed by atoms with Crippen LogP contribution in [0.2, 0.25) is 0 Å². The largest absolute Gasteiger partial charge is 0.310 e. The molecule has 1 saturated heterocycles. The molecule has 3 heterocycles. The highest BCUT2D eigenvalue weighted by atomic mass is 32.2. The third-order valence-electron chi connectivity index (χ3n) is 5.72. The van der Waals surface area contributed by atoms with Gasteiger partial charge < -0.3 is 5.32 Å². The number of carbonyl (C=O) groups excluding carboxylic acids is 1. The fourth-order valence-electron chi connectivity index (χ4n) is 3.98. The normalized spacial score (nSPS) is 15.8. The molecule has 1 amide bonds. The van der Waals surface area contributed by atoms with Gasteiger partial charge in [-0.1, -0.05) is 18.3 Å². The molecule has 170 valence electrons. The molecule has 0 aliphatic carbocycles. The van der Waals surface area contributed by atoms with Gasteiger partial charge in [-0.15, -0.1) is 0 Å². The number of amides is 1. The first-order chi connectivity index (χ1) is 15.3. The van der Waals surface area contributed by atoms with E-state index < -0.39 is 10.0 Å². The van der Waals surface area contributed by atoms with E-state index >= 15 is 0 Å². The van der Waals surface area contributed by atoms with Crippen molar-refractivity contribution >= 4 is 43.3 Å². The lowest BCUT2D eigenvalue weighted by molar-refractivity contribution is -0.120. The van der Waals surface area contributed by atoms with Crippen LogP contribution >= 0.6 is 11.3 Å². The number of sulfonamides is 1. The first kappa shape index (κ1) is 22.6. The second-order valence-corrected chi connectivity index (χ2v) is 11.0. The van der Waals surface area contributed by atoms with Crippen molar-refractivity contribution < 1.29 is 13.2 Å². The Balaban J connectivity index is 1.45. The summed E-state index contributed by atoms with van der Waals surface area (Å²) in [7, 11) is -3.70. The van der Waals surface area contributed by atoms with Crippen molar-refractivity contribution in [2.24, 2.45) is 5.92 Å². The monoisotopic (exact) mass is 474 g/mol. The van der Waals surface area contributed by atoms with Gasteiger partial charge >= 0.3 is 4.87 Å². The number of rotatable bonds is 6. The average molecular weight is 475 g/mol. The van der Waals surface area contributed by atoms with Crippen molar-refractivity contribution in [2.75, 3.05) is 18.4 Å². The van der Waals surface area contributed by atoms with Gasteiger partial charge in [0.05, 0.1) is 15.1 Å². The molecule has 10 heteroatoms. The summed E-state index contributed by atoms with van der Waals surface area (Å²) in [4.78, 5) is 29.1. The molecule has 0 bridgehead atoms. The van der Waals surface area contributed by atoms with Crippen LogP contribution in [0, 0.1) is 12.8 Å². The standard InChI is InChI=1S/C22H26N4O4S2/c1-3-10-26-18-5-4-17(14-19(18)31-22(26)28)32(29,30)25-11-7-16(8-12-25)21(27)24-20-13-15(2)6-9-23-20/h4-6,9,13-14,16H,3,7-8,10-12H2,1-2H3,(H,23,24,27). The predicted molar refractivity (Wildman–Crippen MR) is 125 cm³/mol. The van der Waals surface area contributed by atoms with Crippen LogP contribution in [0.15, 0.2) is 46.2 Å². The number of hydrogen-bond donors (Lipinski definition) is 1. The fraction of sp³-hybridized carbons (Fsp3) is 0.409. The topological polar surface area (TPSA) is 101 Å². The van der Waals surface area contributed by atoms with Crippen molar-refractivity contribution in [3.8, 4) is 0 Å². The summed E-state index contributed by atoms with van der Waals surface area (Å²) in [6.45, 7) is 5.07. The summed E-state index contributed by atoms with van der Waals surface area (Å²) >= 11 is 1.07. The molecule has 0 atom stereocenters. The van der Waals surface area contributed by atoms with Crippen LogP contribution in [0.5, 0.6) is 0 Å². The SMILES string of the molecule is CCCn1c(=O)sc2cc(S(=O)(=O)N3CCC(C(=O)Nc4cc(C)ccn4)CC3)ccc21. The third-order valence-corrected chi connectivity index (χ3v) is 8.55. The Kier molecular flexibility index (Phi) is 6.45. The molecule has 1 fully saturated rings. The van der Waals surface area contributed by atoms with Crippen molar-refractivity contribution in [3.63, 3.8) is 0 Å². The highest BCUT2D eigenvalue weighted by molar-refractivity contribution is 7.89. The van der Waals surface area contributed by atoms with Crippen molar-refractivity contribution in [1.82, 2.24) is 13.9 Å². The quantitative estimate of drug-likeness (QED) is 0.591. The van der Waals surface area contributed by atoms with Crippen LogP contribution in [-0.4, -0.2) is 41.3 Å². The zero-order valence-corrected chi connectivity index (χ0v) is 19.7. The molecule has 0 radical (unpaired) electrons. The van der Waals surface area contributed by atoms with Gasteiger partial charge in [-0.25, -0.2) is 13.4 Å². The molecule has 3 aromatic rings. The van der Waals surface area contributed by atoms with Crippen LogP contribution in [0.25, 0.3) is 10.2 Å². The molecule has 0 unspecified atom stereocenters. The van der Waals surface area contributed by atoms with Crippen LogP contribution < -0.4 is 10.2 Å². The number of thiazole rings is 1. The number of hydrogen-bond acceptors (Lipinski definition) is 6. The van der Waals surface area contributed by atoms with E-state index in [1.807, 2.05) is 19.9 Å². The van der Waals surface area contributed by atoms with Crippen LogP contribution in [-0.2, 0) is 21.4 Å². The second kappa shape index (κ2) is 9.13. The van der Waals surface area contributed by atoms with Gasteiger partial charge in [0.15, 0.2) is 0 Å². The van der Waals surface area contributed by atoms with E-state index in [4.69, 9.17) is 0 Å².